The molecule has 1 N–H and O–H groups in total. The molecule has 1 aliphatic rings. The molecule has 1 aliphatic heterocycles. The smallest absolute Gasteiger partial charge is 0.165 e. The zero-order valence-corrected chi connectivity index (χ0v) is 13.2. The molecule has 0 spiro atoms. The molecule has 1 aromatic rings. The summed E-state index contributed by atoms with van der Waals surface area (Å²) in [4.78, 5) is 2.37. The summed E-state index contributed by atoms with van der Waals surface area (Å²) in [5, 5.41) is 3.50. The number of nitrogens with one attached hydrogen (secondary N) is 1. The van der Waals surface area contributed by atoms with E-state index in [4.69, 9.17) is 4.74 Å². The third kappa shape index (κ3) is 3.45. The Kier molecular flexibility index (Phi) is 5.69. The van der Waals surface area contributed by atoms with Crippen LogP contribution < -0.4 is 10.1 Å². The van der Waals surface area contributed by atoms with Gasteiger partial charge in [-0.15, -0.1) is 0 Å². The Bertz CT molecular complexity index is 444. The van der Waals surface area contributed by atoms with Gasteiger partial charge >= 0.3 is 0 Å². The summed E-state index contributed by atoms with van der Waals surface area (Å²) in [6, 6.07) is 5.81. The molecule has 1 fully saturated rings. The molecule has 0 amide bonds. The molecule has 2 atom stereocenters. The lowest BCUT2D eigenvalue weighted by molar-refractivity contribution is 0.216. The fourth-order valence-corrected chi connectivity index (χ4v) is 3.90. The van der Waals surface area contributed by atoms with Gasteiger partial charge in [-0.05, 0) is 31.3 Å². The molecule has 0 bridgehead atoms. The van der Waals surface area contributed by atoms with Crippen LogP contribution in [0.25, 0.3) is 0 Å². The second-order valence-corrected chi connectivity index (χ2v) is 6.20. The van der Waals surface area contributed by atoms with Gasteiger partial charge in [-0.3, -0.25) is 4.90 Å². The molecular formula is C15H23FN2OS. The van der Waals surface area contributed by atoms with Gasteiger partial charge in [0, 0.05) is 30.1 Å². The van der Waals surface area contributed by atoms with E-state index in [2.05, 4.69) is 24.2 Å². The van der Waals surface area contributed by atoms with Crippen LogP contribution in [0.15, 0.2) is 18.2 Å². The van der Waals surface area contributed by atoms with Crippen LogP contribution in [0, 0.1) is 5.82 Å². The Morgan fingerprint density at radius 3 is 2.95 bits per heavy atom. The molecule has 0 saturated carbocycles. The highest BCUT2D eigenvalue weighted by atomic mass is 32.2. The van der Waals surface area contributed by atoms with Crippen LogP contribution in [0.2, 0.25) is 0 Å². The molecule has 1 heterocycles. The average molecular weight is 298 g/mol. The first-order valence-corrected chi connectivity index (χ1v) is 8.17. The lowest BCUT2D eigenvalue weighted by atomic mass is 9.98. The molecular weight excluding hydrogens is 275 g/mol. The van der Waals surface area contributed by atoms with Crippen molar-refractivity contribution in [3.05, 3.63) is 29.6 Å². The largest absolute Gasteiger partial charge is 0.494 e. The molecule has 1 saturated heterocycles. The number of hydrogen-bond acceptors (Lipinski definition) is 4. The van der Waals surface area contributed by atoms with Crippen LogP contribution >= 0.6 is 11.8 Å². The van der Waals surface area contributed by atoms with Crippen molar-refractivity contribution in [3.63, 3.8) is 0 Å². The topological polar surface area (TPSA) is 24.5 Å². The first-order chi connectivity index (χ1) is 9.67. The Morgan fingerprint density at radius 1 is 1.55 bits per heavy atom. The zero-order valence-electron chi connectivity index (χ0n) is 12.4. The van der Waals surface area contributed by atoms with E-state index in [-0.39, 0.29) is 11.9 Å². The highest BCUT2D eigenvalue weighted by molar-refractivity contribution is 7.99. The average Bonchev–Trinajstić information content (AvgIpc) is 2.46. The van der Waals surface area contributed by atoms with Crippen LogP contribution in [0.4, 0.5) is 4.39 Å². The van der Waals surface area contributed by atoms with Crippen molar-refractivity contribution in [2.75, 3.05) is 38.8 Å². The standard InChI is InChI=1S/C15H23FN2OS/c1-4-17-15(13-10-20-8-7-18(13)2)11-5-6-14(19-3)12(16)9-11/h5-6,9,13,15,17H,4,7-8,10H2,1-3H3. The van der Waals surface area contributed by atoms with E-state index < -0.39 is 0 Å². The zero-order chi connectivity index (χ0) is 14.5. The summed E-state index contributed by atoms with van der Waals surface area (Å²) >= 11 is 1.97. The van der Waals surface area contributed by atoms with Gasteiger partial charge in [0.1, 0.15) is 0 Å². The van der Waals surface area contributed by atoms with Gasteiger partial charge in [0.15, 0.2) is 11.6 Å². The Morgan fingerprint density at radius 2 is 2.35 bits per heavy atom. The minimum absolute atomic E-state index is 0.151. The molecule has 2 rings (SSSR count). The Hall–Kier alpha value is -0.780. The number of benzene rings is 1. The van der Waals surface area contributed by atoms with E-state index in [0.29, 0.717) is 11.8 Å². The van der Waals surface area contributed by atoms with Crippen molar-refractivity contribution >= 4 is 11.8 Å². The predicted octanol–water partition coefficient (Wildman–Crippen LogP) is 2.53. The van der Waals surface area contributed by atoms with E-state index >= 15 is 0 Å². The van der Waals surface area contributed by atoms with Gasteiger partial charge in [0.2, 0.25) is 0 Å². The maximum absolute atomic E-state index is 13.9. The fourth-order valence-electron chi connectivity index (χ4n) is 2.63. The summed E-state index contributed by atoms with van der Waals surface area (Å²) in [6.07, 6.45) is 0. The van der Waals surface area contributed by atoms with E-state index in [1.54, 1.807) is 12.1 Å². The highest BCUT2D eigenvalue weighted by Crippen LogP contribution is 2.29. The lowest BCUT2D eigenvalue weighted by Gasteiger charge is -2.38. The van der Waals surface area contributed by atoms with Gasteiger partial charge in [0.05, 0.1) is 7.11 Å². The number of nitrogens with zero attached hydrogens (tertiary/aromatic N) is 1. The number of rotatable bonds is 5. The van der Waals surface area contributed by atoms with Crippen LogP contribution in [0.1, 0.15) is 18.5 Å². The fraction of sp³-hybridized carbons (Fsp3) is 0.600. The minimum Gasteiger partial charge on any atom is -0.494 e. The van der Waals surface area contributed by atoms with Crippen molar-refractivity contribution in [3.8, 4) is 5.75 Å². The number of thioether (sulfide) groups is 1. The second-order valence-electron chi connectivity index (χ2n) is 5.05. The Balaban J connectivity index is 2.25. The molecule has 20 heavy (non-hydrogen) atoms. The third-order valence-electron chi connectivity index (χ3n) is 3.79. The summed E-state index contributed by atoms with van der Waals surface area (Å²) in [7, 11) is 3.64. The number of methoxy groups -OCH3 is 1. The highest BCUT2D eigenvalue weighted by Gasteiger charge is 2.29. The number of ether oxygens (including phenoxy) is 1. The van der Waals surface area contributed by atoms with Crippen molar-refractivity contribution in [2.24, 2.45) is 0 Å². The molecule has 0 aromatic heterocycles. The van der Waals surface area contributed by atoms with Crippen molar-refractivity contribution < 1.29 is 9.13 Å². The van der Waals surface area contributed by atoms with E-state index in [1.807, 2.05) is 17.8 Å². The van der Waals surface area contributed by atoms with Gasteiger partial charge in [0.25, 0.3) is 0 Å². The van der Waals surface area contributed by atoms with Crippen molar-refractivity contribution in [1.29, 1.82) is 0 Å². The minimum atomic E-state index is -0.293. The van der Waals surface area contributed by atoms with Crippen LogP contribution in [-0.4, -0.2) is 49.7 Å². The third-order valence-corrected chi connectivity index (χ3v) is 4.84. The summed E-state index contributed by atoms with van der Waals surface area (Å²) in [5.41, 5.74) is 0.990. The summed E-state index contributed by atoms with van der Waals surface area (Å²) < 4.78 is 18.9. The number of halogens is 1. The normalized spacial score (nSPS) is 21.7. The van der Waals surface area contributed by atoms with Gasteiger partial charge in [-0.2, -0.15) is 11.8 Å². The summed E-state index contributed by atoms with van der Waals surface area (Å²) in [5.74, 6) is 2.25. The van der Waals surface area contributed by atoms with Crippen LogP contribution in [0.3, 0.4) is 0 Å². The van der Waals surface area contributed by atoms with Crippen LogP contribution in [-0.2, 0) is 0 Å². The number of hydrogen-bond donors (Lipinski definition) is 1. The molecule has 2 unspecified atom stereocenters. The monoisotopic (exact) mass is 298 g/mol. The van der Waals surface area contributed by atoms with Gasteiger partial charge in [-0.25, -0.2) is 4.39 Å². The van der Waals surface area contributed by atoms with E-state index in [1.165, 1.54) is 12.9 Å². The number of likely N-dealkylation sites (N-methyl/N-ethyl adjacent to an activating group) is 2. The lowest BCUT2D eigenvalue weighted by Crippen LogP contribution is -2.47. The van der Waals surface area contributed by atoms with Gasteiger partial charge in [-0.1, -0.05) is 13.0 Å². The maximum atomic E-state index is 13.9. The molecule has 5 heteroatoms. The molecule has 112 valence electrons. The van der Waals surface area contributed by atoms with Crippen LogP contribution in [0.5, 0.6) is 5.75 Å². The van der Waals surface area contributed by atoms with E-state index in [9.17, 15) is 4.39 Å². The summed E-state index contributed by atoms with van der Waals surface area (Å²) in [6.45, 7) is 4.03. The quantitative estimate of drug-likeness (QED) is 0.903. The van der Waals surface area contributed by atoms with Crippen molar-refractivity contribution in [1.82, 2.24) is 10.2 Å². The molecule has 0 aliphatic carbocycles. The molecule has 0 radical (unpaired) electrons. The second kappa shape index (κ2) is 7.29. The molecule has 3 nitrogen and oxygen atoms in total. The first kappa shape index (κ1) is 15.6. The van der Waals surface area contributed by atoms with Crippen molar-refractivity contribution in [2.45, 2.75) is 19.0 Å². The first-order valence-electron chi connectivity index (χ1n) is 7.02. The maximum Gasteiger partial charge on any atom is 0.165 e. The van der Waals surface area contributed by atoms with E-state index in [0.717, 1.165) is 24.4 Å². The SMILES string of the molecule is CCNC(c1ccc(OC)c(F)c1)C1CSCCN1C. The Labute approximate surface area is 124 Å². The predicted molar refractivity (Wildman–Crippen MR) is 83.1 cm³/mol. The molecule has 1 aromatic carbocycles. The van der Waals surface area contributed by atoms with Gasteiger partial charge < -0.3 is 10.1 Å².